The zero-order valence-corrected chi connectivity index (χ0v) is 13.9. The largest absolute Gasteiger partial charge is 0.236 e. The molecule has 0 fully saturated rings. The minimum absolute atomic E-state index is 1.07. The zero-order chi connectivity index (χ0) is 15.4. The summed E-state index contributed by atoms with van der Waals surface area (Å²) in [6.07, 6.45) is 3.43. The normalized spacial score (nSPS) is 13.3. The number of aryl methyl sites for hydroxylation is 3. The van der Waals surface area contributed by atoms with E-state index in [2.05, 4.69) is 55.5 Å². The van der Waals surface area contributed by atoms with Crippen LogP contribution in [0.5, 0.6) is 0 Å². The highest BCUT2D eigenvalue weighted by Gasteiger charge is 2.17. The van der Waals surface area contributed by atoms with Crippen LogP contribution in [0.1, 0.15) is 23.6 Å². The van der Waals surface area contributed by atoms with Gasteiger partial charge in [-0.25, -0.2) is 4.98 Å². The Morgan fingerprint density at radius 2 is 1.87 bits per heavy atom. The fourth-order valence-electron chi connectivity index (χ4n) is 3.74. The van der Waals surface area contributed by atoms with Gasteiger partial charge in [0.05, 0.1) is 10.2 Å². The van der Waals surface area contributed by atoms with Gasteiger partial charge in [0.2, 0.25) is 0 Å². The Bertz CT molecular complexity index is 1050. The summed E-state index contributed by atoms with van der Waals surface area (Å²) < 4.78 is 1.29. The lowest BCUT2D eigenvalue weighted by atomic mass is 10.0. The Morgan fingerprint density at radius 3 is 2.74 bits per heavy atom. The van der Waals surface area contributed by atoms with Crippen molar-refractivity contribution in [2.45, 2.75) is 26.2 Å². The van der Waals surface area contributed by atoms with Crippen molar-refractivity contribution in [3.63, 3.8) is 0 Å². The first-order chi connectivity index (χ1) is 11.3. The molecule has 1 nitrogen and oxygen atoms in total. The van der Waals surface area contributed by atoms with Crippen LogP contribution < -0.4 is 0 Å². The SMILES string of the molecule is CCc1ccc2nc(-c3ccc4c5c(cccc35)CC4)sc2c1. The lowest BCUT2D eigenvalue weighted by Gasteiger charge is -2.06. The molecule has 1 aliphatic rings. The molecule has 0 atom stereocenters. The minimum atomic E-state index is 1.07. The third-order valence-electron chi connectivity index (χ3n) is 4.97. The number of aromatic nitrogens is 1. The number of hydrogen-bond donors (Lipinski definition) is 0. The molecule has 1 aliphatic carbocycles. The van der Waals surface area contributed by atoms with Gasteiger partial charge in [-0.15, -0.1) is 11.3 Å². The predicted octanol–water partition coefficient (Wildman–Crippen LogP) is 5.78. The first-order valence-electron chi connectivity index (χ1n) is 8.27. The molecular formula is C21H17NS. The number of nitrogens with zero attached hydrogens (tertiary/aromatic N) is 1. The van der Waals surface area contributed by atoms with Crippen LogP contribution in [0, 0.1) is 0 Å². The van der Waals surface area contributed by atoms with Crippen LogP contribution in [0.3, 0.4) is 0 Å². The first-order valence-corrected chi connectivity index (χ1v) is 9.08. The van der Waals surface area contributed by atoms with Crippen molar-refractivity contribution in [1.29, 1.82) is 0 Å². The van der Waals surface area contributed by atoms with E-state index in [0.29, 0.717) is 0 Å². The molecule has 23 heavy (non-hydrogen) atoms. The molecule has 5 rings (SSSR count). The standard InChI is InChI=1S/C21H17NS/c1-2-13-6-11-18-19(12-13)23-21(22-18)17-10-9-15-8-7-14-4-3-5-16(17)20(14)15/h3-6,9-12H,2,7-8H2,1H3. The summed E-state index contributed by atoms with van der Waals surface area (Å²) in [6, 6.07) is 17.9. The van der Waals surface area contributed by atoms with E-state index in [1.54, 1.807) is 0 Å². The summed E-state index contributed by atoms with van der Waals surface area (Å²) in [5.41, 5.74) is 6.77. The van der Waals surface area contributed by atoms with Gasteiger partial charge < -0.3 is 0 Å². The molecule has 0 N–H and O–H groups in total. The summed E-state index contributed by atoms with van der Waals surface area (Å²) in [5, 5.41) is 3.98. The van der Waals surface area contributed by atoms with E-state index in [1.165, 1.54) is 50.6 Å². The number of thiazole rings is 1. The van der Waals surface area contributed by atoms with Crippen molar-refractivity contribution in [1.82, 2.24) is 4.98 Å². The fourth-order valence-corrected chi connectivity index (χ4v) is 4.81. The van der Waals surface area contributed by atoms with Crippen molar-refractivity contribution < 1.29 is 0 Å². The highest BCUT2D eigenvalue weighted by atomic mass is 32.1. The van der Waals surface area contributed by atoms with Gasteiger partial charge in [-0.05, 0) is 58.9 Å². The van der Waals surface area contributed by atoms with E-state index in [0.717, 1.165) is 16.9 Å². The van der Waals surface area contributed by atoms with Crippen molar-refractivity contribution in [2.24, 2.45) is 0 Å². The van der Waals surface area contributed by atoms with Gasteiger partial charge in [0.1, 0.15) is 5.01 Å². The van der Waals surface area contributed by atoms with E-state index >= 15 is 0 Å². The molecular weight excluding hydrogens is 298 g/mol. The zero-order valence-electron chi connectivity index (χ0n) is 13.1. The van der Waals surface area contributed by atoms with Crippen molar-refractivity contribution >= 4 is 32.3 Å². The average molecular weight is 315 g/mol. The molecule has 0 radical (unpaired) electrons. The molecule has 0 saturated heterocycles. The summed E-state index contributed by atoms with van der Waals surface area (Å²) in [4.78, 5) is 4.91. The second-order valence-electron chi connectivity index (χ2n) is 6.29. The van der Waals surface area contributed by atoms with Gasteiger partial charge in [-0.3, -0.25) is 0 Å². The second kappa shape index (κ2) is 4.90. The Kier molecular flexibility index (Phi) is 2.83. The molecule has 112 valence electrons. The quantitative estimate of drug-likeness (QED) is 0.457. The maximum absolute atomic E-state index is 4.91. The Hall–Kier alpha value is -2.19. The number of benzene rings is 3. The molecule has 4 aromatic rings. The van der Waals surface area contributed by atoms with Crippen LogP contribution >= 0.6 is 11.3 Å². The van der Waals surface area contributed by atoms with Crippen LogP contribution in [0.4, 0.5) is 0 Å². The smallest absolute Gasteiger partial charge is 0.125 e. The van der Waals surface area contributed by atoms with Gasteiger partial charge in [-0.1, -0.05) is 43.3 Å². The van der Waals surface area contributed by atoms with Gasteiger partial charge in [-0.2, -0.15) is 0 Å². The summed E-state index contributed by atoms with van der Waals surface area (Å²) in [7, 11) is 0. The highest BCUT2D eigenvalue weighted by molar-refractivity contribution is 7.21. The third-order valence-corrected chi connectivity index (χ3v) is 6.02. The fraction of sp³-hybridized carbons (Fsp3) is 0.190. The molecule has 0 unspecified atom stereocenters. The van der Waals surface area contributed by atoms with Crippen LogP contribution in [0.25, 0.3) is 31.6 Å². The van der Waals surface area contributed by atoms with Crippen molar-refractivity contribution in [2.75, 3.05) is 0 Å². The Morgan fingerprint density at radius 1 is 1.00 bits per heavy atom. The summed E-state index contributed by atoms with van der Waals surface area (Å²) in [6.45, 7) is 2.20. The van der Waals surface area contributed by atoms with Gasteiger partial charge in [0.25, 0.3) is 0 Å². The van der Waals surface area contributed by atoms with Crippen LogP contribution in [0.15, 0.2) is 48.5 Å². The molecule has 0 bridgehead atoms. The van der Waals surface area contributed by atoms with E-state index in [1.807, 2.05) is 11.3 Å². The highest BCUT2D eigenvalue weighted by Crippen LogP contribution is 2.39. The van der Waals surface area contributed by atoms with Crippen molar-refractivity contribution in [3.8, 4) is 10.6 Å². The number of rotatable bonds is 2. The molecule has 0 aliphatic heterocycles. The predicted molar refractivity (Wildman–Crippen MR) is 99.3 cm³/mol. The molecule has 3 aromatic carbocycles. The maximum Gasteiger partial charge on any atom is 0.125 e. The Labute approximate surface area is 139 Å². The van der Waals surface area contributed by atoms with E-state index in [9.17, 15) is 0 Å². The van der Waals surface area contributed by atoms with Gasteiger partial charge in [0.15, 0.2) is 0 Å². The van der Waals surface area contributed by atoms with Crippen LogP contribution in [-0.2, 0) is 19.3 Å². The number of hydrogen-bond acceptors (Lipinski definition) is 2. The third kappa shape index (κ3) is 1.95. The molecule has 1 aromatic heterocycles. The van der Waals surface area contributed by atoms with E-state index < -0.39 is 0 Å². The molecule has 0 spiro atoms. The van der Waals surface area contributed by atoms with Crippen LogP contribution in [0.2, 0.25) is 0 Å². The first kappa shape index (κ1) is 13.3. The lowest BCUT2D eigenvalue weighted by Crippen LogP contribution is -1.84. The monoisotopic (exact) mass is 315 g/mol. The van der Waals surface area contributed by atoms with Gasteiger partial charge in [0, 0.05) is 5.56 Å². The van der Waals surface area contributed by atoms with Crippen LogP contribution in [-0.4, -0.2) is 4.98 Å². The summed E-state index contributed by atoms with van der Waals surface area (Å²) >= 11 is 1.82. The van der Waals surface area contributed by atoms with Crippen molar-refractivity contribution in [3.05, 3.63) is 65.2 Å². The molecule has 0 saturated carbocycles. The maximum atomic E-state index is 4.91. The lowest BCUT2D eigenvalue weighted by molar-refractivity contribution is 1.02. The minimum Gasteiger partial charge on any atom is -0.236 e. The second-order valence-corrected chi connectivity index (χ2v) is 7.32. The average Bonchev–Trinajstić information content (AvgIpc) is 3.20. The molecule has 0 amide bonds. The molecule has 2 heteroatoms. The van der Waals surface area contributed by atoms with E-state index in [-0.39, 0.29) is 0 Å². The van der Waals surface area contributed by atoms with Gasteiger partial charge >= 0.3 is 0 Å². The topological polar surface area (TPSA) is 12.9 Å². The van der Waals surface area contributed by atoms with E-state index in [4.69, 9.17) is 4.98 Å². The molecule has 1 heterocycles. The summed E-state index contributed by atoms with van der Waals surface area (Å²) in [5.74, 6) is 0. The Balaban J connectivity index is 1.78. The number of fused-ring (bicyclic) bond motifs is 1.